The fourth-order valence-corrected chi connectivity index (χ4v) is 3.23. The molecule has 24 heavy (non-hydrogen) atoms. The third kappa shape index (κ3) is 7.40. The summed E-state index contributed by atoms with van der Waals surface area (Å²) >= 11 is 5.50. The Kier molecular flexibility index (Phi) is 12.1. The van der Waals surface area contributed by atoms with E-state index in [0.29, 0.717) is 24.6 Å². The number of rotatable bonds is 6. The Morgan fingerprint density at radius 2 is 2.21 bits per heavy atom. The number of nitrogen functional groups attached to an aromatic ring is 1. The van der Waals surface area contributed by atoms with Gasteiger partial charge in [-0.15, -0.1) is 18.2 Å². The minimum atomic E-state index is 0. The summed E-state index contributed by atoms with van der Waals surface area (Å²) in [6, 6.07) is 0. The molecule has 0 atom stereocenters. The van der Waals surface area contributed by atoms with Crippen LogP contribution in [0.5, 0.6) is 0 Å². The fourth-order valence-electron chi connectivity index (χ4n) is 1.82. The standard InChI is InChI=1S/C12H17N4OS.C3H6S2.ClH/c1-8-11(3-4-17)18-7-16(8)6-10-5-14-9(2)15-12(10)13;1-2-3-5-4;/h5,7,17H,3-4,6H2,1-2H3,(H2,13,14,15);2,4H,1,3H2;1H/q+1;;/p-1. The summed E-state index contributed by atoms with van der Waals surface area (Å²) < 4.78 is 2.11. The minimum Gasteiger partial charge on any atom is -1.00 e. The molecular formula is C15H23ClN4OS3. The van der Waals surface area contributed by atoms with Gasteiger partial charge in [0.25, 0.3) is 0 Å². The van der Waals surface area contributed by atoms with E-state index in [9.17, 15) is 0 Å². The van der Waals surface area contributed by atoms with E-state index in [2.05, 4.69) is 32.8 Å². The summed E-state index contributed by atoms with van der Waals surface area (Å²) in [6.45, 7) is 8.20. The van der Waals surface area contributed by atoms with Gasteiger partial charge in [0.15, 0.2) is 12.2 Å². The number of nitrogens with zero attached hydrogens (tertiary/aromatic N) is 3. The van der Waals surface area contributed by atoms with E-state index in [1.165, 1.54) is 15.7 Å². The second-order valence-electron chi connectivity index (χ2n) is 4.75. The Hall–Kier alpha value is -0.800. The van der Waals surface area contributed by atoms with Crippen LogP contribution < -0.4 is 22.7 Å². The number of nitrogens with two attached hydrogens (primary N) is 1. The Balaban J connectivity index is 0.000000777. The van der Waals surface area contributed by atoms with E-state index < -0.39 is 0 Å². The van der Waals surface area contributed by atoms with Crippen LogP contribution in [-0.2, 0) is 13.0 Å². The van der Waals surface area contributed by atoms with E-state index in [-0.39, 0.29) is 19.0 Å². The summed E-state index contributed by atoms with van der Waals surface area (Å²) in [6.07, 6.45) is 4.29. The molecule has 0 aliphatic rings. The normalized spacial score (nSPS) is 9.67. The van der Waals surface area contributed by atoms with Gasteiger partial charge >= 0.3 is 0 Å². The van der Waals surface area contributed by atoms with Crippen LogP contribution in [0.2, 0.25) is 0 Å². The molecule has 0 bridgehead atoms. The Bertz CT molecular complexity index is 637. The van der Waals surface area contributed by atoms with Crippen LogP contribution in [0.15, 0.2) is 24.4 Å². The molecular weight excluding hydrogens is 384 g/mol. The van der Waals surface area contributed by atoms with Crippen LogP contribution in [0.25, 0.3) is 0 Å². The van der Waals surface area contributed by atoms with E-state index in [1.54, 1.807) is 17.5 Å². The first-order valence-corrected chi connectivity index (χ1v) is 9.97. The van der Waals surface area contributed by atoms with Crippen molar-refractivity contribution in [2.24, 2.45) is 0 Å². The van der Waals surface area contributed by atoms with Gasteiger partial charge in [-0.3, -0.25) is 0 Å². The summed E-state index contributed by atoms with van der Waals surface area (Å²) in [4.78, 5) is 9.53. The van der Waals surface area contributed by atoms with Crippen molar-refractivity contribution in [3.63, 3.8) is 0 Å². The maximum atomic E-state index is 8.98. The molecule has 0 radical (unpaired) electrons. The van der Waals surface area contributed by atoms with Crippen molar-refractivity contribution in [1.29, 1.82) is 0 Å². The zero-order valence-corrected chi connectivity index (χ0v) is 17.1. The molecule has 0 aromatic carbocycles. The summed E-state index contributed by atoms with van der Waals surface area (Å²) in [5, 5.41) is 8.98. The van der Waals surface area contributed by atoms with Gasteiger partial charge in [-0.25, -0.2) is 9.97 Å². The maximum Gasteiger partial charge on any atom is 0.225 e. The van der Waals surface area contributed by atoms with Crippen molar-refractivity contribution in [1.82, 2.24) is 9.97 Å². The van der Waals surface area contributed by atoms with Crippen LogP contribution in [0.1, 0.15) is 22.0 Å². The first-order chi connectivity index (χ1) is 11.0. The molecule has 0 amide bonds. The molecule has 0 fully saturated rings. The topological polar surface area (TPSA) is 75.9 Å². The van der Waals surface area contributed by atoms with Crippen molar-refractivity contribution in [3.8, 4) is 0 Å². The summed E-state index contributed by atoms with van der Waals surface area (Å²) in [5.74, 6) is 2.15. The highest BCUT2D eigenvalue weighted by Gasteiger charge is 2.16. The average molecular weight is 407 g/mol. The second-order valence-corrected chi connectivity index (χ2v) is 7.05. The number of hydrogen-bond donors (Lipinski definition) is 3. The Labute approximate surface area is 162 Å². The number of aliphatic hydroxyl groups excluding tert-OH is 1. The van der Waals surface area contributed by atoms with Crippen LogP contribution in [-0.4, -0.2) is 27.4 Å². The highest BCUT2D eigenvalue weighted by Crippen LogP contribution is 2.13. The molecule has 134 valence electrons. The smallest absolute Gasteiger partial charge is 0.225 e. The molecule has 0 unspecified atom stereocenters. The lowest BCUT2D eigenvalue weighted by Crippen LogP contribution is -3.00. The minimum absolute atomic E-state index is 0. The molecule has 0 saturated carbocycles. The van der Waals surface area contributed by atoms with Gasteiger partial charge in [0.05, 0.1) is 10.4 Å². The lowest BCUT2D eigenvalue weighted by atomic mass is 10.2. The van der Waals surface area contributed by atoms with Crippen LogP contribution in [0, 0.1) is 13.8 Å². The van der Waals surface area contributed by atoms with Gasteiger partial charge in [0, 0.05) is 31.9 Å². The van der Waals surface area contributed by atoms with Crippen molar-refractivity contribution >= 4 is 39.6 Å². The van der Waals surface area contributed by atoms with E-state index in [4.69, 9.17) is 10.8 Å². The molecule has 2 aromatic heterocycles. The number of aromatic nitrogens is 3. The average Bonchev–Trinajstić information content (AvgIpc) is 2.85. The van der Waals surface area contributed by atoms with Gasteiger partial charge < -0.3 is 23.2 Å². The largest absolute Gasteiger partial charge is 1.00 e. The van der Waals surface area contributed by atoms with Gasteiger partial charge in [-0.1, -0.05) is 28.2 Å². The first-order valence-electron chi connectivity index (χ1n) is 7.06. The van der Waals surface area contributed by atoms with Crippen molar-refractivity contribution < 1.29 is 22.1 Å². The quantitative estimate of drug-likeness (QED) is 0.257. The Morgan fingerprint density at radius 3 is 2.71 bits per heavy atom. The third-order valence-corrected chi connectivity index (χ3v) is 5.02. The second kappa shape index (κ2) is 12.5. The predicted molar refractivity (Wildman–Crippen MR) is 102 cm³/mol. The fraction of sp³-hybridized carbons (Fsp3) is 0.400. The molecule has 0 spiro atoms. The van der Waals surface area contributed by atoms with Crippen molar-refractivity contribution in [3.05, 3.63) is 46.3 Å². The van der Waals surface area contributed by atoms with Gasteiger partial charge in [-0.2, -0.15) is 4.57 Å². The molecule has 0 saturated heterocycles. The molecule has 2 aromatic rings. The predicted octanol–water partition coefficient (Wildman–Crippen LogP) is -0.638. The molecule has 3 N–H and O–H groups in total. The molecule has 9 heteroatoms. The highest BCUT2D eigenvalue weighted by molar-refractivity contribution is 8.68. The SMILES string of the molecule is C=CCSS.Cc1ncc(C[n+]2csc(CCO)c2C)c(N)n1.[Cl-]. The van der Waals surface area contributed by atoms with Gasteiger partial charge in [0.1, 0.15) is 11.6 Å². The number of halogens is 1. The number of hydrogen-bond acceptors (Lipinski definition) is 7. The monoisotopic (exact) mass is 406 g/mol. The molecule has 5 nitrogen and oxygen atoms in total. The van der Waals surface area contributed by atoms with Gasteiger partial charge in [0.2, 0.25) is 5.51 Å². The molecule has 0 aliphatic carbocycles. The lowest BCUT2D eigenvalue weighted by molar-refractivity contribution is -0.689. The molecule has 2 rings (SSSR count). The van der Waals surface area contributed by atoms with E-state index in [1.807, 2.05) is 25.4 Å². The Morgan fingerprint density at radius 1 is 1.50 bits per heavy atom. The number of thiol groups is 1. The van der Waals surface area contributed by atoms with Gasteiger partial charge in [-0.05, 0) is 6.92 Å². The zero-order valence-electron chi connectivity index (χ0n) is 13.8. The first kappa shape index (κ1) is 23.2. The van der Waals surface area contributed by atoms with Crippen LogP contribution in [0.4, 0.5) is 5.82 Å². The van der Waals surface area contributed by atoms with E-state index >= 15 is 0 Å². The summed E-state index contributed by atoms with van der Waals surface area (Å²) in [5.41, 5.74) is 10.0. The lowest BCUT2D eigenvalue weighted by Gasteiger charge is -2.01. The number of aliphatic hydroxyl groups is 1. The number of aryl methyl sites for hydroxylation is 1. The van der Waals surface area contributed by atoms with E-state index in [0.717, 1.165) is 17.0 Å². The number of anilines is 1. The third-order valence-electron chi connectivity index (χ3n) is 3.05. The van der Waals surface area contributed by atoms with Crippen molar-refractivity contribution in [2.45, 2.75) is 26.8 Å². The molecule has 0 aliphatic heterocycles. The zero-order chi connectivity index (χ0) is 17.2. The van der Waals surface area contributed by atoms with Crippen LogP contribution >= 0.6 is 33.8 Å². The molecule has 2 heterocycles. The van der Waals surface area contributed by atoms with Crippen LogP contribution in [0.3, 0.4) is 0 Å². The maximum absolute atomic E-state index is 8.98. The summed E-state index contributed by atoms with van der Waals surface area (Å²) in [7, 11) is 1.48. The highest BCUT2D eigenvalue weighted by atomic mass is 35.5. The van der Waals surface area contributed by atoms with Crippen molar-refractivity contribution in [2.75, 3.05) is 18.1 Å². The number of thiazole rings is 1.